The van der Waals surface area contributed by atoms with E-state index < -0.39 is 17.6 Å². The third-order valence-corrected chi connectivity index (χ3v) is 1.23. The third kappa shape index (κ3) is 1.88. The van der Waals surface area contributed by atoms with Crippen LogP contribution in [0.3, 0.4) is 0 Å². The highest BCUT2D eigenvalue weighted by Crippen LogP contribution is 1.85. The van der Waals surface area contributed by atoms with Crippen LogP contribution in [-0.2, 0) is 4.79 Å². The van der Waals surface area contributed by atoms with E-state index in [1.807, 2.05) is 0 Å². The van der Waals surface area contributed by atoms with Crippen LogP contribution in [0.25, 0.3) is 0 Å². The summed E-state index contributed by atoms with van der Waals surface area (Å²) in [5.74, 6) is -1.02. The second kappa shape index (κ2) is 3.12. The van der Waals surface area contributed by atoms with Crippen LogP contribution < -0.4 is 11.1 Å². The highest BCUT2D eigenvalue weighted by atomic mass is 16.5. The molecule has 0 saturated heterocycles. The summed E-state index contributed by atoms with van der Waals surface area (Å²) in [6.45, 7) is 1.43. The molecule has 6 nitrogen and oxygen atoms in total. The molecule has 0 amide bonds. The van der Waals surface area contributed by atoms with E-state index in [-0.39, 0.29) is 0 Å². The minimum absolute atomic E-state index is 0.528. The number of carboxylic acid groups (broad SMARTS) is 1. The maximum absolute atomic E-state index is 10.5. The van der Waals surface area contributed by atoms with Crippen LogP contribution in [-0.4, -0.2) is 22.0 Å². The molecule has 0 unspecified atom stereocenters. The molecular weight excluding hydrogens is 164 g/mol. The molecule has 12 heavy (non-hydrogen) atoms. The van der Waals surface area contributed by atoms with Crippen molar-refractivity contribution in [2.45, 2.75) is 13.0 Å². The van der Waals surface area contributed by atoms with Crippen molar-refractivity contribution < 1.29 is 14.4 Å². The Morgan fingerprint density at radius 2 is 2.50 bits per heavy atom. The molecule has 1 aromatic rings. The Morgan fingerprint density at radius 1 is 1.83 bits per heavy atom. The van der Waals surface area contributed by atoms with Crippen molar-refractivity contribution in [1.29, 1.82) is 0 Å². The van der Waals surface area contributed by atoms with E-state index in [2.05, 4.69) is 9.95 Å². The Labute approximate surface area is 67.3 Å². The van der Waals surface area contributed by atoms with Crippen LogP contribution in [0, 0.1) is 0 Å². The molecule has 0 saturated carbocycles. The van der Waals surface area contributed by atoms with Gasteiger partial charge in [0, 0.05) is 6.07 Å². The summed E-state index contributed by atoms with van der Waals surface area (Å²) in [5.41, 5.74) is 1.88. The topological polar surface area (TPSA) is 84.5 Å². The fourth-order valence-corrected chi connectivity index (χ4v) is 0.602. The minimum Gasteiger partial charge on any atom is -0.480 e. The fourth-order valence-electron chi connectivity index (χ4n) is 0.602. The van der Waals surface area contributed by atoms with E-state index in [0.29, 0.717) is 0 Å². The average Bonchev–Trinajstić information content (AvgIpc) is 2.35. The lowest BCUT2D eigenvalue weighted by Gasteiger charge is -2.08. The predicted molar refractivity (Wildman–Crippen MR) is 39.4 cm³/mol. The van der Waals surface area contributed by atoms with Crippen LogP contribution in [0.2, 0.25) is 0 Å². The van der Waals surface area contributed by atoms with Gasteiger partial charge in [-0.1, -0.05) is 0 Å². The highest BCUT2D eigenvalue weighted by molar-refractivity contribution is 5.74. The molecule has 66 valence electrons. The van der Waals surface area contributed by atoms with Crippen molar-refractivity contribution in [3.05, 3.63) is 22.7 Å². The molecule has 0 aliphatic heterocycles. The zero-order valence-corrected chi connectivity index (χ0v) is 6.35. The molecule has 1 rings (SSSR count). The number of aliphatic carboxylic acids is 1. The van der Waals surface area contributed by atoms with Crippen LogP contribution in [0.15, 0.2) is 21.6 Å². The van der Waals surface area contributed by atoms with Crippen molar-refractivity contribution in [1.82, 2.24) is 4.85 Å². The SMILES string of the molecule is C[C@H](Nn1ccc(=O)o1)C(=O)O. The summed E-state index contributed by atoms with van der Waals surface area (Å²) in [5, 5.41) is 8.45. The molecule has 0 aliphatic carbocycles. The number of aromatic nitrogens is 1. The normalized spacial score (nSPS) is 12.4. The van der Waals surface area contributed by atoms with Gasteiger partial charge in [-0.25, -0.2) is 9.59 Å². The van der Waals surface area contributed by atoms with Gasteiger partial charge in [0.2, 0.25) is 0 Å². The number of hydrogen-bond donors (Lipinski definition) is 2. The average molecular weight is 172 g/mol. The quantitative estimate of drug-likeness (QED) is 0.639. The van der Waals surface area contributed by atoms with Crippen molar-refractivity contribution in [2.75, 3.05) is 5.43 Å². The predicted octanol–water partition coefficient (Wildman–Crippen LogP) is -0.542. The van der Waals surface area contributed by atoms with Crippen molar-refractivity contribution >= 4 is 5.97 Å². The van der Waals surface area contributed by atoms with E-state index in [4.69, 9.17) is 5.11 Å². The molecule has 6 heteroatoms. The monoisotopic (exact) mass is 172 g/mol. The van der Waals surface area contributed by atoms with Crippen LogP contribution in [0.1, 0.15) is 6.92 Å². The molecule has 0 spiro atoms. The van der Waals surface area contributed by atoms with E-state index >= 15 is 0 Å². The van der Waals surface area contributed by atoms with E-state index in [1.165, 1.54) is 19.2 Å². The first-order chi connectivity index (χ1) is 5.59. The third-order valence-electron chi connectivity index (χ3n) is 1.23. The summed E-state index contributed by atoms with van der Waals surface area (Å²) in [4.78, 5) is 21.7. The Morgan fingerprint density at radius 3 is 2.92 bits per heavy atom. The zero-order chi connectivity index (χ0) is 9.14. The van der Waals surface area contributed by atoms with Gasteiger partial charge >= 0.3 is 11.6 Å². The van der Waals surface area contributed by atoms with Crippen LogP contribution in [0.4, 0.5) is 0 Å². The highest BCUT2D eigenvalue weighted by Gasteiger charge is 2.10. The van der Waals surface area contributed by atoms with Crippen molar-refractivity contribution in [3.8, 4) is 0 Å². The summed E-state index contributed by atoms with van der Waals surface area (Å²) in [6.07, 6.45) is 1.31. The standard InChI is InChI=1S/C6H8N2O4/c1-4(6(10)11)7-8-3-2-5(9)12-8/h2-4,7H,1H3,(H,10,11)/t4-/m0/s1. The molecule has 2 N–H and O–H groups in total. The van der Waals surface area contributed by atoms with Gasteiger partial charge in [0.25, 0.3) is 0 Å². The molecule has 0 fully saturated rings. The Balaban J connectivity index is 2.64. The van der Waals surface area contributed by atoms with E-state index in [1.54, 1.807) is 0 Å². The molecule has 0 radical (unpaired) electrons. The molecule has 0 bridgehead atoms. The van der Waals surface area contributed by atoms with E-state index in [9.17, 15) is 9.59 Å². The van der Waals surface area contributed by atoms with Crippen LogP contribution >= 0.6 is 0 Å². The summed E-state index contributed by atoms with van der Waals surface area (Å²) in [7, 11) is 0. The Hall–Kier alpha value is -1.72. The van der Waals surface area contributed by atoms with Crippen LogP contribution in [0.5, 0.6) is 0 Å². The number of carbonyl (C=O) groups is 1. The molecular formula is C6H8N2O4. The number of nitrogens with zero attached hydrogens (tertiary/aromatic N) is 1. The van der Waals surface area contributed by atoms with Gasteiger partial charge in [-0.15, -0.1) is 4.85 Å². The van der Waals surface area contributed by atoms with Gasteiger partial charge in [0.15, 0.2) is 0 Å². The fraction of sp³-hybridized carbons (Fsp3) is 0.333. The first-order valence-electron chi connectivity index (χ1n) is 3.28. The molecule has 1 heterocycles. The number of carboxylic acids is 1. The summed E-state index contributed by atoms with van der Waals surface area (Å²) in [6, 6.07) is 0.377. The lowest BCUT2D eigenvalue weighted by atomic mass is 10.4. The number of nitrogens with one attached hydrogen (secondary N) is 1. The molecule has 0 aromatic carbocycles. The van der Waals surface area contributed by atoms with Crippen molar-refractivity contribution in [3.63, 3.8) is 0 Å². The maximum atomic E-state index is 10.5. The van der Waals surface area contributed by atoms with Crippen molar-refractivity contribution in [2.24, 2.45) is 0 Å². The van der Waals surface area contributed by atoms with Gasteiger partial charge < -0.3 is 9.63 Å². The Kier molecular flexibility index (Phi) is 2.18. The molecule has 1 aromatic heterocycles. The largest absolute Gasteiger partial charge is 0.480 e. The summed E-state index contributed by atoms with van der Waals surface area (Å²) >= 11 is 0. The molecule has 1 atom stereocenters. The zero-order valence-electron chi connectivity index (χ0n) is 6.35. The van der Waals surface area contributed by atoms with Gasteiger partial charge in [-0.05, 0) is 6.92 Å². The second-order valence-corrected chi connectivity index (χ2v) is 2.24. The Bertz CT molecular complexity index is 326. The van der Waals surface area contributed by atoms with Gasteiger partial charge in [0.05, 0.1) is 6.20 Å². The van der Waals surface area contributed by atoms with Gasteiger partial charge in [0.1, 0.15) is 6.04 Å². The first kappa shape index (κ1) is 8.38. The second-order valence-electron chi connectivity index (χ2n) is 2.24. The lowest BCUT2D eigenvalue weighted by molar-refractivity contribution is -0.137. The minimum atomic E-state index is -1.02. The molecule has 0 aliphatic rings. The lowest BCUT2D eigenvalue weighted by Crippen LogP contribution is -2.31. The van der Waals surface area contributed by atoms with Gasteiger partial charge in [-0.3, -0.25) is 5.43 Å². The smallest absolute Gasteiger partial charge is 0.360 e. The number of rotatable bonds is 3. The number of hydrogen-bond acceptors (Lipinski definition) is 4. The maximum Gasteiger partial charge on any atom is 0.360 e. The van der Waals surface area contributed by atoms with E-state index in [0.717, 1.165) is 4.85 Å². The summed E-state index contributed by atoms with van der Waals surface area (Å²) < 4.78 is 4.49. The first-order valence-corrected chi connectivity index (χ1v) is 3.28. The van der Waals surface area contributed by atoms with Gasteiger partial charge in [-0.2, -0.15) is 0 Å².